The first-order valence-corrected chi connectivity index (χ1v) is 6.30. The van der Waals surface area contributed by atoms with Gasteiger partial charge in [-0.2, -0.15) is 13.2 Å². The van der Waals surface area contributed by atoms with Gasteiger partial charge in [0.15, 0.2) is 0 Å². The lowest BCUT2D eigenvalue weighted by Gasteiger charge is -2.30. The summed E-state index contributed by atoms with van der Waals surface area (Å²) in [5.74, 6) is 0.583. The summed E-state index contributed by atoms with van der Waals surface area (Å²) in [5.41, 5.74) is 0. The number of nitrogens with one attached hydrogen (secondary N) is 1. The van der Waals surface area contributed by atoms with Crippen LogP contribution in [0, 0.1) is 12.8 Å². The fourth-order valence-electron chi connectivity index (χ4n) is 2.45. The van der Waals surface area contributed by atoms with E-state index in [4.69, 9.17) is 4.42 Å². The Hall–Kier alpha value is -0.970. The molecule has 18 heavy (non-hydrogen) atoms. The summed E-state index contributed by atoms with van der Waals surface area (Å²) in [6, 6.07) is 3.95. The van der Waals surface area contributed by atoms with E-state index in [1.165, 1.54) is 0 Å². The largest absolute Gasteiger partial charge is 0.465 e. The van der Waals surface area contributed by atoms with Gasteiger partial charge in [0.25, 0.3) is 0 Å². The SMILES string of the molecule is Cc1ccc(CNC2CCC(C(F)(F)F)CC2)o1. The Bertz CT molecular complexity index is 378. The summed E-state index contributed by atoms with van der Waals surface area (Å²) >= 11 is 0. The van der Waals surface area contributed by atoms with Crippen LogP contribution in [0.4, 0.5) is 13.2 Å². The lowest BCUT2D eigenvalue weighted by molar-refractivity contribution is -0.182. The molecule has 0 bridgehead atoms. The Morgan fingerprint density at radius 1 is 1.22 bits per heavy atom. The first-order valence-electron chi connectivity index (χ1n) is 6.30. The highest BCUT2D eigenvalue weighted by Gasteiger charge is 2.41. The van der Waals surface area contributed by atoms with Gasteiger partial charge in [0.1, 0.15) is 11.5 Å². The van der Waals surface area contributed by atoms with E-state index in [0.717, 1.165) is 11.5 Å². The van der Waals surface area contributed by atoms with Crippen LogP contribution in [0.25, 0.3) is 0 Å². The Labute approximate surface area is 105 Å². The van der Waals surface area contributed by atoms with Crippen molar-refractivity contribution < 1.29 is 17.6 Å². The maximum absolute atomic E-state index is 12.5. The Kier molecular flexibility index (Phi) is 4.00. The predicted octanol–water partition coefficient (Wildman–Crippen LogP) is 3.80. The third-order valence-corrected chi connectivity index (χ3v) is 3.55. The zero-order valence-corrected chi connectivity index (χ0v) is 10.4. The molecule has 1 N–H and O–H groups in total. The van der Waals surface area contributed by atoms with Gasteiger partial charge in [0.2, 0.25) is 0 Å². The van der Waals surface area contributed by atoms with Gasteiger partial charge >= 0.3 is 6.18 Å². The van der Waals surface area contributed by atoms with Crippen LogP contribution < -0.4 is 5.32 Å². The van der Waals surface area contributed by atoms with Crippen molar-refractivity contribution in [2.24, 2.45) is 5.92 Å². The van der Waals surface area contributed by atoms with Crippen LogP contribution in [0.3, 0.4) is 0 Å². The Balaban J connectivity index is 1.74. The summed E-state index contributed by atoms with van der Waals surface area (Å²) < 4.78 is 42.9. The zero-order valence-electron chi connectivity index (χ0n) is 10.4. The van der Waals surface area contributed by atoms with Crippen LogP contribution in [0.5, 0.6) is 0 Å². The number of hydrogen-bond donors (Lipinski definition) is 1. The molecule has 0 atom stereocenters. The molecule has 1 aromatic heterocycles. The highest BCUT2D eigenvalue weighted by atomic mass is 19.4. The number of aryl methyl sites for hydroxylation is 1. The number of alkyl halides is 3. The molecule has 0 saturated heterocycles. The van der Waals surface area contributed by atoms with Crippen molar-refractivity contribution in [2.45, 2.75) is 51.4 Å². The first-order chi connectivity index (χ1) is 8.45. The summed E-state index contributed by atoms with van der Waals surface area (Å²) in [5, 5.41) is 3.26. The minimum absolute atomic E-state index is 0.175. The highest BCUT2D eigenvalue weighted by Crippen LogP contribution is 2.37. The smallest absolute Gasteiger partial charge is 0.391 e. The minimum atomic E-state index is -4.02. The molecule has 1 aliphatic rings. The fraction of sp³-hybridized carbons (Fsp3) is 0.692. The van der Waals surface area contributed by atoms with E-state index in [1.807, 2.05) is 19.1 Å². The average Bonchev–Trinajstić information content (AvgIpc) is 2.72. The number of hydrogen-bond acceptors (Lipinski definition) is 2. The quantitative estimate of drug-likeness (QED) is 0.895. The lowest BCUT2D eigenvalue weighted by Crippen LogP contribution is -2.36. The van der Waals surface area contributed by atoms with E-state index < -0.39 is 12.1 Å². The van der Waals surface area contributed by atoms with E-state index in [9.17, 15) is 13.2 Å². The lowest BCUT2D eigenvalue weighted by atomic mass is 9.85. The van der Waals surface area contributed by atoms with Crippen molar-refractivity contribution in [2.75, 3.05) is 0 Å². The van der Waals surface area contributed by atoms with Gasteiger partial charge in [-0.3, -0.25) is 0 Å². The van der Waals surface area contributed by atoms with Crippen LogP contribution in [-0.2, 0) is 6.54 Å². The highest BCUT2D eigenvalue weighted by molar-refractivity contribution is 5.05. The fourth-order valence-corrected chi connectivity index (χ4v) is 2.45. The van der Waals surface area contributed by atoms with E-state index in [1.54, 1.807) is 0 Å². The van der Waals surface area contributed by atoms with Crippen LogP contribution in [0.15, 0.2) is 16.5 Å². The molecule has 0 spiro atoms. The van der Waals surface area contributed by atoms with Gasteiger partial charge in [-0.1, -0.05) is 0 Å². The van der Waals surface area contributed by atoms with Gasteiger partial charge in [-0.15, -0.1) is 0 Å². The van der Waals surface area contributed by atoms with Crippen molar-refractivity contribution >= 4 is 0 Å². The second-order valence-corrected chi connectivity index (χ2v) is 4.98. The molecule has 0 aliphatic heterocycles. The van der Waals surface area contributed by atoms with Crippen LogP contribution in [0.2, 0.25) is 0 Å². The topological polar surface area (TPSA) is 25.2 Å². The van der Waals surface area contributed by atoms with Crippen LogP contribution in [-0.4, -0.2) is 12.2 Å². The van der Waals surface area contributed by atoms with Gasteiger partial charge in [-0.25, -0.2) is 0 Å². The average molecular weight is 261 g/mol. The number of halogens is 3. The summed E-state index contributed by atoms with van der Waals surface area (Å²) in [4.78, 5) is 0. The van der Waals surface area contributed by atoms with Crippen LogP contribution >= 0.6 is 0 Å². The molecule has 2 nitrogen and oxygen atoms in total. The molecule has 1 aromatic rings. The summed E-state index contributed by atoms with van der Waals surface area (Å²) in [6.07, 6.45) is -2.38. The number of rotatable bonds is 3. The molecule has 1 fully saturated rings. The molecule has 0 aromatic carbocycles. The van der Waals surface area contributed by atoms with E-state index in [-0.39, 0.29) is 18.9 Å². The summed E-state index contributed by atoms with van der Waals surface area (Å²) in [7, 11) is 0. The van der Waals surface area contributed by atoms with Crippen molar-refractivity contribution in [1.82, 2.24) is 5.32 Å². The maximum Gasteiger partial charge on any atom is 0.391 e. The molecule has 1 heterocycles. The van der Waals surface area contributed by atoms with E-state index in [0.29, 0.717) is 19.4 Å². The van der Waals surface area contributed by atoms with Crippen molar-refractivity contribution in [3.63, 3.8) is 0 Å². The predicted molar refractivity (Wildman–Crippen MR) is 62.1 cm³/mol. The number of furan rings is 1. The van der Waals surface area contributed by atoms with E-state index in [2.05, 4.69) is 5.32 Å². The van der Waals surface area contributed by atoms with Crippen molar-refractivity contribution in [1.29, 1.82) is 0 Å². The molecule has 0 amide bonds. The van der Waals surface area contributed by atoms with Gasteiger partial charge in [0.05, 0.1) is 12.5 Å². The minimum Gasteiger partial charge on any atom is -0.465 e. The molecule has 1 saturated carbocycles. The molecule has 0 unspecified atom stereocenters. The Morgan fingerprint density at radius 3 is 2.39 bits per heavy atom. The molecular formula is C13H18F3NO. The summed E-state index contributed by atoms with van der Waals surface area (Å²) in [6.45, 7) is 2.47. The molecule has 2 rings (SSSR count). The maximum atomic E-state index is 12.5. The molecule has 102 valence electrons. The first kappa shape index (κ1) is 13.5. The monoisotopic (exact) mass is 261 g/mol. The molecule has 0 radical (unpaired) electrons. The van der Waals surface area contributed by atoms with Crippen molar-refractivity contribution in [3.05, 3.63) is 23.7 Å². The van der Waals surface area contributed by atoms with Gasteiger partial charge in [-0.05, 0) is 44.7 Å². The van der Waals surface area contributed by atoms with Gasteiger partial charge < -0.3 is 9.73 Å². The van der Waals surface area contributed by atoms with Crippen LogP contribution in [0.1, 0.15) is 37.2 Å². The van der Waals surface area contributed by atoms with Gasteiger partial charge in [0, 0.05) is 6.04 Å². The Morgan fingerprint density at radius 2 is 1.89 bits per heavy atom. The second kappa shape index (κ2) is 5.34. The zero-order chi connectivity index (χ0) is 13.2. The van der Waals surface area contributed by atoms with E-state index >= 15 is 0 Å². The van der Waals surface area contributed by atoms with Crippen molar-refractivity contribution in [3.8, 4) is 0 Å². The second-order valence-electron chi connectivity index (χ2n) is 4.98. The molecule has 5 heteroatoms. The third kappa shape index (κ3) is 3.51. The third-order valence-electron chi connectivity index (χ3n) is 3.55. The molecular weight excluding hydrogens is 243 g/mol. The standard InChI is InChI=1S/C13H18F3NO/c1-9-2-7-12(18-9)8-17-11-5-3-10(4-6-11)13(14,15)16/h2,7,10-11,17H,3-6,8H2,1H3. The molecule has 1 aliphatic carbocycles. The normalized spacial score (nSPS) is 25.3.